The molecule has 0 saturated heterocycles. The molecule has 1 rings (SSSR count). The number of amides is 2. The maximum Gasteiger partial charge on any atom is 0.317 e. The summed E-state index contributed by atoms with van der Waals surface area (Å²) in [5.74, 6) is 0.461. The minimum Gasteiger partial charge on any atom is -0.334 e. The summed E-state index contributed by atoms with van der Waals surface area (Å²) in [6, 6.07) is 3.85. The molecule has 0 bridgehead atoms. The first-order chi connectivity index (χ1) is 10.6. The van der Waals surface area contributed by atoms with E-state index in [4.69, 9.17) is 0 Å². The molecule has 0 atom stereocenters. The van der Waals surface area contributed by atoms with Crippen LogP contribution in [-0.4, -0.2) is 53.5 Å². The van der Waals surface area contributed by atoms with Gasteiger partial charge in [0.1, 0.15) is 0 Å². The zero-order valence-electron chi connectivity index (χ0n) is 14.4. The predicted octanol–water partition coefficient (Wildman–Crippen LogP) is 2.59. The van der Waals surface area contributed by atoms with Crippen LogP contribution in [0, 0.1) is 5.92 Å². The molecule has 0 aliphatic heterocycles. The Bertz CT molecular complexity index is 418. The van der Waals surface area contributed by atoms with Crippen LogP contribution in [0.15, 0.2) is 24.5 Å². The molecule has 1 heterocycles. The van der Waals surface area contributed by atoms with E-state index in [1.807, 2.05) is 17.0 Å². The molecular formula is C17H30N4O. The van der Waals surface area contributed by atoms with Crippen LogP contribution < -0.4 is 5.32 Å². The number of aromatic nitrogens is 1. The lowest BCUT2D eigenvalue weighted by atomic mass is 10.2. The van der Waals surface area contributed by atoms with Crippen molar-refractivity contribution >= 4 is 6.03 Å². The third-order valence-corrected chi connectivity index (χ3v) is 3.65. The second-order valence-electron chi connectivity index (χ2n) is 5.88. The fraction of sp³-hybridized carbons (Fsp3) is 0.647. The molecule has 0 spiro atoms. The molecule has 5 heteroatoms. The van der Waals surface area contributed by atoms with Gasteiger partial charge in [-0.3, -0.25) is 4.98 Å². The Morgan fingerprint density at radius 3 is 2.36 bits per heavy atom. The van der Waals surface area contributed by atoms with Gasteiger partial charge in [-0.05, 0) is 36.7 Å². The molecule has 0 radical (unpaired) electrons. The van der Waals surface area contributed by atoms with Gasteiger partial charge in [0.15, 0.2) is 0 Å². The number of nitrogens with one attached hydrogen (secondary N) is 1. The fourth-order valence-electron chi connectivity index (χ4n) is 2.31. The van der Waals surface area contributed by atoms with Crippen molar-refractivity contribution in [2.24, 2.45) is 5.92 Å². The Hall–Kier alpha value is -1.62. The first-order valence-electron chi connectivity index (χ1n) is 8.20. The summed E-state index contributed by atoms with van der Waals surface area (Å²) in [6.07, 6.45) is 3.49. The highest BCUT2D eigenvalue weighted by molar-refractivity contribution is 5.74. The smallest absolute Gasteiger partial charge is 0.317 e. The number of rotatable bonds is 9. The molecule has 0 aromatic carbocycles. The number of hydrogen-bond acceptors (Lipinski definition) is 3. The fourth-order valence-corrected chi connectivity index (χ4v) is 2.31. The number of urea groups is 1. The molecule has 0 aliphatic carbocycles. The zero-order chi connectivity index (χ0) is 16.4. The molecule has 1 N–H and O–H groups in total. The molecular weight excluding hydrogens is 276 g/mol. The van der Waals surface area contributed by atoms with E-state index in [-0.39, 0.29) is 6.03 Å². The minimum atomic E-state index is 0.0117. The lowest BCUT2D eigenvalue weighted by Crippen LogP contribution is -2.45. The van der Waals surface area contributed by atoms with Gasteiger partial charge in [0.25, 0.3) is 0 Å². The number of carbonyl (C=O) groups is 1. The Labute approximate surface area is 134 Å². The van der Waals surface area contributed by atoms with Crippen LogP contribution in [0.25, 0.3) is 0 Å². The van der Waals surface area contributed by atoms with Gasteiger partial charge >= 0.3 is 6.03 Å². The van der Waals surface area contributed by atoms with E-state index in [9.17, 15) is 4.79 Å². The average molecular weight is 306 g/mol. The van der Waals surface area contributed by atoms with Gasteiger partial charge in [0.05, 0.1) is 0 Å². The number of pyridine rings is 1. The lowest BCUT2D eigenvalue weighted by molar-refractivity contribution is 0.177. The van der Waals surface area contributed by atoms with Gasteiger partial charge in [-0.1, -0.05) is 27.7 Å². The first-order valence-corrected chi connectivity index (χ1v) is 8.20. The molecule has 0 aliphatic rings. The largest absolute Gasteiger partial charge is 0.334 e. The van der Waals surface area contributed by atoms with E-state index in [1.54, 1.807) is 12.4 Å². The van der Waals surface area contributed by atoms with Gasteiger partial charge in [-0.25, -0.2) is 4.79 Å². The number of carbonyl (C=O) groups excluding carboxylic acids is 1. The van der Waals surface area contributed by atoms with Crippen molar-refractivity contribution < 1.29 is 4.79 Å². The summed E-state index contributed by atoms with van der Waals surface area (Å²) in [7, 11) is 0. The Morgan fingerprint density at radius 2 is 1.82 bits per heavy atom. The first kappa shape index (κ1) is 18.4. The Morgan fingerprint density at radius 1 is 1.18 bits per heavy atom. The number of nitrogens with zero attached hydrogens (tertiary/aromatic N) is 3. The van der Waals surface area contributed by atoms with Crippen LogP contribution in [0.5, 0.6) is 0 Å². The van der Waals surface area contributed by atoms with E-state index < -0.39 is 0 Å². The number of hydrogen-bond donors (Lipinski definition) is 1. The lowest BCUT2D eigenvalue weighted by Gasteiger charge is -2.28. The maximum absolute atomic E-state index is 12.4. The predicted molar refractivity (Wildman–Crippen MR) is 90.7 cm³/mol. The zero-order valence-corrected chi connectivity index (χ0v) is 14.4. The summed E-state index contributed by atoms with van der Waals surface area (Å²) in [5, 5.41) is 3.00. The van der Waals surface area contributed by atoms with Crippen LogP contribution in [-0.2, 0) is 6.54 Å². The third kappa shape index (κ3) is 6.89. The van der Waals surface area contributed by atoms with Crippen LogP contribution in [0.4, 0.5) is 4.79 Å². The van der Waals surface area contributed by atoms with Crippen molar-refractivity contribution in [1.82, 2.24) is 20.1 Å². The van der Waals surface area contributed by atoms with Crippen molar-refractivity contribution in [2.45, 2.75) is 34.2 Å². The standard InChI is InChI=1S/C17H30N4O/c1-5-20(6-2)11-12-21(14-15(3)4)17(22)19-13-16-7-9-18-10-8-16/h7-10,15H,5-6,11-14H2,1-4H3,(H,19,22). The highest BCUT2D eigenvalue weighted by Crippen LogP contribution is 2.02. The van der Waals surface area contributed by atoms with Gasteiger partial charge in [0.2, 0.25) is 0 Å². The summed E-state index contributed by atoms with van der Waals surface area (Å²) in [5.41, 5.74) is 1.07. The molecule has 0 fully saturated rings. The summed E-state index contributed by atoms with van der Waals surface area (Å²) in [4.78, 5) is 20.7. The van der Waals surface area contributed by atoms with E-state index >= 15 is 0 Å². The molecule has 22 heavy (non-hydrogen) atoms. The molecule has 5 nitrogen and oxygen atoms in total. The second-order valence-corrected chi connectivity index (χ2v) is 5.88. The van der Waals surface area contributed by atoms with Crippen molar-refractivity contribution in [2.75, 3.05) is 32.7 Å². The summed E-state index contributed by atoms with van der Waals surface area (Å²) < 4.78 is 0. The van der Waals surface area contributed by atoms with Crippen molar-refractivity contribution in [3.8, 4) is 0 Å². The molecule has 0 saturated carbocycles. The highest BCUT2D eigenvalue weighted by atomic mass is 16.2. The summed E-state index contributed by atoms with van der Waals surface area (Å²) in [6.45, 7) is 13.6. The quantitative estimate of drug-likeness (QED) is 0.763. The van der Waals surface area contributed by atoms with E-state index in [2.05, 4.69) is 42.9 Å². The van der Waals surface area contributed by atoms with Crippen molar-refractivity contribution in [3.05, 3.63) is 30.1 Å². The normalized spacial score (nSPS) is 11.0. The van der Waals surface area contributed by atoms with Gasteiger partial charge in [0, 0.05) is 38.6 Å². The van der Waals surface area contributed by atoms with E-state index in [0.717, 1.165) is 38.3 Å². The van der Waals surface area contributed by atoms with Crippen LogP contribution in [0.3, 0.4) is 0 Å². The molecule has 1 aromatic heterocycles. The topological polar surface area (TPSA) is 48.5 Å². The van der Waals surface area contributed by atoms with E-state index in [0.29, 0.717) is 12.5 Å². The van der Waals surface area contributed by atoms with Crippen LogP contribution in [0.1, 0.15) is 33.3 Å². The average Bonchev–Trinajstić information content (AvgIpc) is 2.53. The molecule has 2 amide bonds. The van der Waals surface area contributed by atoms with Gasteiger partial charge in [-0.15, -0.1) is 0 Å². The molecule has 0 unspecified atom stereocenters. The van der Waals surface area contributed by atoms with Gasteiger partial charge < -0.3 is 15.1 Å². The van der Waals surface area contributed by atoms with Crippen LogP contribution >= 0.6 is 0 Å². The molecule has 124 valence electrons. The molecule has 1 aromatic rings. The monoisotopic (exact) mass is 306 g/mol. The van der Waals surface area contributed by atoms with E-state index in [1.165, 1.54) is 0 Å². The minimum absolute atomic E-state index is 0.0117. The summed E-state index contributed by atoms with van der Waals surface area (Å²) >= 11 is 0. The van der Waals surface area contributed by atoms with Crippen molar-refractivity contribution in [1.29, 1.82) is 0 Å². The third-order valence-electron chi connectivity index (χ3n) is 3.65. The van der Waals surface area contributed by atoms with Crippen molar-refractivity contribution in [3.63, 3.8) is 0 Å². The van der Waals surface area contributed by atoms with Gasteiger partial charge in [-0.2, -0.15) is 0 Å². The number of likely N-dealkylation sites (N-methyl/N-ethyl adjacent to an activating group) is 1. The Balaban J connectivity index is 2.52. The maximum atomic E-state index is 12.4. The van der Waals surface area contributed by atoms with Crippen LogP contribution in [0.2, 0.25) is 0 Å². The highest BCUT2D eigenvalue weighted by Gasteiger charge is 2.15. The Kier molecular flexibility index (Phi) is 8.51. The second kappa shape index (κ2) is 10.2. The SMILES string of the molecule is CCN(CC)CCN(CC(C)C)C(=O)NCc1ccncc1.